The second-order valence-corrected chi connectivity index (χ2v) is 6.98. The van der Waals surface area contributed by atoms with E-state index < -0.39 is 0 Å². The number of aromatic nitrogens is 2. The number of fused-ring (bicyclic) bond motifs is 1. The molecule has 0 spiro atoms. The first-order chi connectivity index (χ1) is 12.3. The van der Waals surface area contributed by atoms with Crippen molar-refractivity contribution in [2.75, 3.05) is 6.54 Å². The number of nitrogens with zero attached hydrogens (tertiary/aromatic N) is 3. The van der Waals surface area contributed by atoms with Gasteiger partial charge in [0.05, 0.1) is 0 Å². The van der Waals surface area contributed by atoms with Crippen molar-refractivity contribution in [3.63, 3.8) is 0 Å². The van der Waals surface area contributed by atoms with Crippen LogP contribution in [0, 0.1) is 0 Å². The summed E-state index contributed by atoms with van der Waals surface area (Å²) in [6.45, 7) is 2.83. The van der Waals surface area contributed by atoms with E-state index in [2.05, 4.69) is 65.0 Å². The molecule has 4 rings (SSSR count). The van der Waals surface area contributed by atoms with E-state index >= 15 is 0 Å². The number of hydrogen-bond donors (Lipinski definition) is 0. The van der Waals surface area contributed by atoms with Crippen LogP contribution in [0.4, 0.5) is 0 Å². The zero-order valence-corrected chi connectivity index (χ0v) is 14.8. The van der Waals surface area contributed by atoms with Gasteiger partial charge in [-0.05, 0) is 41.6 Å². The highest BCUT2D eigenvalue weighted by atomic mass is 32.1. The van der Waals surface area contributed by atoms with Crippen molar-refractivity contribution in [1.29, 1.82) is 0 Å². The van der Waals surface area contributed by atoms with E-state index in [0.29, 0.717) is 12.2 Å². The fourth-order valence-corrected chi connectivity index (χ4v) is 4.19. The molecule has 1 aliphatic heterocycles. The van der Waals surface area contributed by atoms with Gasteiger partial charge in [0.2, 0.25) is 0 Å². The highest BCUT2D eigenvalue weighted by Crippen LogP contribution is 2.36. The van der Waals surface area contributed by atoms with Gasteiger partial charge >= 0.3 is 0 Å². The van der Waals surface area contributed by atoms with E-state index in [1.54, 1.807) is 5.38 Å². The van der Waals surface area contributed by atoms with Crippen molar-refractivity contribution >= 4 is 17.4 Å². The minimum Gasteiger partial charge on any atom is -0.333 e. The Kier molecular flexibility index (Phi) is 4.32. The molecule has 1 aliphatic rings. The molecule has 0 radical (unpaired) electrons. The lowest BCUT2D eigenvalue weighted by Gasteiger charge is -2.33. The lowest BCUT2D eigenvalue weighted by atomic mass is 9.83. The van der Waals surface area contributed by atoms with Gasteiger partial charge in [0.1, 0.15) is 0 Å². The van der Waals surface area contributed by atoms with Crippen LogP contribution in [0.5, 0.6) is 0 Å². The Hall–Kier alpha value is -2.53. The molecule has 0 N–H and O–H groups in total. The minimum absolute atomic E-state index is 0.0324. The van der Waals surface area contributed by atoms with Gasteiger partial charge in [-0.15, -0.1) is 5.10 Å². The van der Waals surface area contributed by atoms with Gasteiger partial charge in [-0.25, -0.2) is 0 Å². The molecule has 0 unspecified atom stereocenters. The molecule has 0 saturated carbocycles. The van der Waals surface area contributed by atoms with Crippen LogP contribution in [0.25, 0.3) is 0 Å². The van der Waals surface area contributed by atoms with Crippen LogP contribution in [0.15, 0.2) is 60.0 Å². The lowest BCUT2D eigenvalue weighted by Crippen LogP contribution is -2.42. The van der Waals surface area contributed by atoms with Crippen LogP contribution < -0.4 is 0 Å². The highest BCUT2D eigenvalue weighted by molar-refractivity contribution is 7.03. The first kappa shape index (κ1) is 16.0. The zero-order valence-electron chi connectivity index (χ0n) is 14.0. The summed E-state index contributed by atoms with van der Waals surface area (Å²) in [5.74, 6) is 0.116. The molecular weight excluding hydrogens is 330 g/mol. The third-order valence-corrected chi connectivity index (χ3v) is 5.49. The Morgan fingerprint density at radius 2 is 1.88 bits per heavy atom. The summed E-state index contributed by atoms with van der Waals surface area (Å²) >= 11 is 1.21. The Morgan fingerprint density at radius 3 is 2.64 bits per heavy atom. The average Bonchev–Trinajstić information content (AvgIpc) is 3.14. The van der Waals surface area contributed by atoms with E-state index in [1.165, 1.54) is 28.2 Å². The second-order valence-electron chi connectivity index (χ2n) is 6.37. The van der Waals surface area contributed by atoms with Crippen molar-refractivity contribution in [2.45, 2.75) is 25.3 Å². The molecule has 0 fully saturated rings. The van der Waals surface area contributed by atoms with Gasteiger partial charge in [-0.1, -0.05) is 59.1 Å². The predicted molar refractivity (Wildman–Crippen MR) is 98.8 cm³/mol. The molecule has 25 heavy (non-hydrogen) atoms. The average molecular weight is 349 g/mol. The summed E-state index contributed by atoms with van der Waals surface area (Å²) in [7, 11) is 0. The standard InChI is InChI=1S/C20H19N3OS/c1-14-19(16-8-3-2-4-9-16)17-10-6-5-7-15(17)11-12-23(14)20(24)18-13-25-22-21-18/h2-10,13-14,19H,11-12H2,1H3/t14-,19+/m0/s1. The van der Waals surface area contributed by atoms with E-state index in [1.807, 2.05) is 11.0 Å². The van der Waals surface area contributed by atoms with Gasteiger partial charge < -0.3 is 4.90 Å². The zero-order chi connectivity index (χ0) is 17.2. The molecule has 3 aromatic rings. The molecule has 5 heteroatoms. The molecule has 2 heterocycles. The summed E-state index contributed by atoms with van der Waals surface area (Å²) in [4.78, 5) is 14.9. The third-order valence-electron chi connectivity index (χ3n) is 4.98. The smallest absolute Gasteiger partial charge is 0.275 e. The van der Waals surface area contributed by atoms with Crippen molar-refractivity contribution in [1.82, 2.24) is 14.5 Å². The van der Waals surface area contributed by atoms with Crippen molar-refractivity contribution in [3.8, 4) is 0 Å². The molecule has 4 nitrogen and oxygen atoms in total. The fourth-order valence-electron chi connectivity index (χ4n) is 3.76. The van der Waals surface area contributed by atoms with Gasteiger partial charge in [-0.3, -0.25) is 4.79 Å². The topological polar surface area (TPSA) is 46.1 Å². The van der Waals surface area contributed by atoms with Crippen LogP contribution in [0.3, 0.4) is 0 Å². The van der Waals surface area contributed by atoms with E-state index in [0.717, 1.165) is 6.42 Å². The van der Waals surface area contributed by atoms with Crippen LogP contribution in [-0.4, -0.2) is 33.0 Å². The molecule has 0 bridgehead atoms. The predicted octanol–water partition coefficient (Wildman–Crippen LogP) is 3.76. The number of benzene rings is 2. The normalized spacial score (nSPS) is 20.0. The van der Waals surface area contributed by atoms with E-state index in [-0.39, 0.29) is 17.9 Å². The first-order valence-electron chi connectivity index (χ1n) is 8.46. The summed E-state index contributed by atoms with van der Waals surface area (Å²) in [6, 6.07) is 19.0. The lowest BCUT2D eigenvalue weighted by molar-refractivity contribution is 0.0681. The number of amides is 1. The molecular formula is C20H19N3OS. The molecule has 0 aliphatic carbocycles. The Labute approximate surface area is 151 Å². The number of carbonyl (C=O) groups is 1. The highest BCUT2D eigenvalue weighted by Gasteiger charge is 2.34. The van der Waals surface area contributed by atoms with Crippen LogP contribution in [0.2, 0.25) is 0 Å². The molecule has 2 aromatic carbocycles. The molecule has 2 atom stereocenters. The van der Waals surface area contributed by atoms with Gasteiger partial charge in [0, 0.05) is 23.9 Å². The van der Waals surface area contributed by atoms with Crippen molar-refractivity contribution in [3.05, 3.63) is 82.4 Å². The number of rotatable bonds is 2. The van der Waals surface area contributed by atoms with Crippen LogP contribution in [-0.2, 0) is 6.42 Å². The maximum Gasteiger partial charge on any atom is 0.275 e. The van der Waals surface area contributed by atoms with E-state index in [9.17, 15) is 4.79 Å². The number of carbonyl (C=O) groups excluding carboxylic acids is 1. The Morgan fingerprint density at radius 1 is 1.12 bits per heavy atom. The first-order valence-corrected chi connectivity index (χ1v) is 9.30. The van der Waals surface area contributed by atoms with Gasteiger partial charge in [-0.2, -0.15) is 0 Å². The molecule has 1 aromatic heterocycles. The second kappa shape index (κ2) is 6.76. The van der Waals surface area contributed by atoms with Crippen molar-refractivity contribution < 1.29 is 4.79 Å². The third kappa shape index (κ3) is 2.96. The molecule has 126 valence electrons. The van der Waals surface area contributed by atoms with Crippen LogP contribution in [0.1, 0.15) is 40.0 Å². The maximum absolute atomic E-state index is 13.0. The molecule has 1 amide bonds. The van der Waals surface area contributed by atoms with Gasteiger partial charge in [0.25, 0.3) is 5.91 Å². The summed E-state index contributed by atoms with van der Waals surface area (Å²) in [6.07, 6.45) is 0.854. The summed E-state index contributed by atoms with van der Waals surface area (Å²) < 4.78 is 3.85. The summed E-state index contributed by atoms with van der Waals surface area (Å²) in [5.41, 5.74) is 4.30. The Balaban J connectivity index is 1.79. The Bertz CT molecular complexity index is 864. The van der Waals surface area contributed by atoms with Gasteiger partial charge in [0.15, 0.2) is 5.69 Å². The largest absolute Gasteiger partial charge is 0.333 e. The van der Waals surface area contributed by atoms with Crippen molar-refractivity contribution in [2.24, 2.45) is 0 Å². The molecule has 0 saturated heterocycles. The monoisotopic (exact) mass is 349 g/mol. The minimum atomic E-state index is -0.0324. The fraction of sp³-hybridized carbons (Fsp3) is 0.250. The number of hydrogen-bond acceptors (Lipinski definition) is 4. The quantitative estimate of drug-likeness (QED) is 0.708. The van der Waals surface area contributed by atoms with Crippen LogP contribution >= 0.6 is 11.5 Å². The summed E-state index contributed by atoms with van der Waals surface area (Å²) in [5, 5.41) is 5.71. The van der Waals surface area contributed by atoms with E-state index in [4.69, 9.17) is 0 Å². The maximum atomic E-state index is 13.0. The SMILES string of the molecule is C[C@H]1[C@H](c2ccccc2)c2ccccc2CCN1C(=O)c1csnn1.